The number of nitrogens with one attached hydrogen (secondary N) is 1. The summed E-state index contributed by atoms with van der Waals surface area (Å²) in [5.74, 6) is -1.35. The van der Waals surface area contributed by atoms with E-state index < -0.39 is 5.97 Å². The normalized spacial score (nSPS) is 10.3. The first-order valence-corrected chi connectivity index (χ1v) is 3.51. The molecule has 68 valence electrons. The second-order valence-electron chi connectivity index (χ2n) is 2.16. The summed E-state index contributed by atoms with van der Waals surface area (Å²) < 4.78 is 0. The highest BCUT2D eigenvalue weighted by atomic mass is 16.4. The lowest BCUT2D eigenvalue weighted by Crippen LogP contribution is -2.21. The number of amides is 1. The zero-order valence-electron chi connectivity index (χ0n) is 6.62. The molecule has 0 spiro atoms. The van der Waals surface area contributed by atoms with Gasteiger partial charge in [0.15, 0.2) is 0 Å². The van der Waals surface area contributed by atoms with Crippen molar-refractivity contribution in [1.29, 1.82) is 0 Å². The van der Waals surface area contributed by atoms with Gasteiger partial charge in [0.25, 0.3) is 0 Å². The molecule has 0 aliphatic heterocycles. The van der Waals surface area contributed by atoms with E-state index in [1.165, 1.54) is 6.08 Å². The number of hydrogen-bond donors (Lipinski definition) is 3. The molecule has 0 fully saturated rings. The lowest BCUT2D eigenvalue weighted by atomic mass is 10.4. The predicted molar refractivity (Wildman–Crippen MR) is 43.5 cm³/mol. The molecule has 4 N–H and O–H groups in total. The van der Waals surface area contributed by atoms with Crippen molar-refractivity contribution in [1.82, 2.24) is 5.32 Å². The van der Waals surface area contributed by atoms with Gasteiger partial charge in [-0.05, 0) is 0 Å². The predicted octanol–water partition coefficient (Wildman–Crippen LogP) is -0.908. The highest BCUT2D eigenvalue weighted by Crippen LogP contribution is 1.74. The summed E-state index contributed by atoms with van der Waals surface area (Å²) in [7, 11) is 0. The fraction of sp³-hybridized carbons (Fsp3) is 0.429. The molecule has 0 aromatic carbocycles. The number of carbonyl (C=O) groups excluding carboxylic acids is 1. The van der Waals surface area contributed by atoms with Crippen LogP contribution in [0.2, 0.25) is 0 Å². The minimum absolute atomic E-state index is 0.265. The van der Waals surface area contributed by atoms with Crippen LogP contribution in [0.4, 0.5) is 0 Å². The Balaban J connectivity index is 3.21. The summed E-state index contributed by atoms with van der Waals surface area (Å²) in [5, 5.41) is 11.0. The van der Waals surface area contributed by atoms with E-state index in [0.717, 1.165) is 6.08 Å². The van der Waals surface area contributed by atoms with Crippen LogP contribution < -0.4 is 11.1 Å². The molecule has 5 heteroatoms. The summed E-state index contributed by atoms with van der Waals surface area (Å²) in [6, 6.07) is 0. The first-order valence-electron chi connectivity index (χ1n) is 3.51. The van der Waals surface area contributed by atoms with Crippen molar-refractivity contribution in [3.8, 4) is 0 Å². The molecule has 5 nitrogen and oxygen atoms in total. The van der Waals surface area contributed by atoms with Gasteiger partial charge in [-0.15, -0.1) is 0 Å². The molecular formula is C7H12N2O3. The van der Waals surface area contributed by atoms with E-state index >= 15 is 0 Å². The Labute approximate surface area is 70.2 Å². The number of primary amides is 1. The molecule has 0 aromatic heterocycles. The van der Waals surface area contributed by atoms with E-state index in [-0.39, 0.29) is 12.3 Å². The van der Waals surface area contributed by atoms with Crippen LogP contribution in [0.3, 0.4) is 0 Å². The minimum Gasteiger partial charge on any atom is -0.478 e. The molecule has 1 amide bonds. The maximum atomic E-state index is 10.2. The fourth-order valence-corrected chi connectivity index (χ4v) is 0.557. The molecule has 0 rings (SSSR count). The summed E-state index contributed by atoms with van der Waals surface area (Å²) in [4.78, 5) is 20.2. The van der Waals surface area contributed by atoms with E-state index in [9.17, 15) is 9.59 Å². The Morgan fingerprint density at radius 1 is 1.50 bits per heavy atom. The maximum absolute atomic E-state index is 10.2. The lowest BCUT2D eigenvalue weighted by molar-refractivity contribution is -0.131. The average molecular weight is 172 g/mol. The van der Waals surface area contributed by atoms with E-state index in [1.54, 1.807) is 0 Å². The van der Waals surface area contributed by atoms with Crippen LogP contribution in [0.15, 0.2) is 12.2 Å². The van der Waals surface area contributed by atoms with Crippen molar-refractivity contribution in [2.24, 2.45) is 5.73 Å². The van der Waals surface area contributed by atoms with Crippen LogP contribution >= 0.6 is 0 Å². The van der Waals surface area contributed by atoms with E-state index in [4.69, 9.17) is 10.8 Å². The van der Waals surface area contributed by atoms with Gasteiger partial charge in [0, 0.05) is 25.6 Å². The van der Waals surface area contributed by atoms with Gasteiger partial charge < -0.3 is 16.2 Å². The number of hydrogen-bond acceptors (Lipinski definition) is 3. The summed E-state index contributed by atoms with van der Waals surface area (Å²) >= 11 is 0. The Hall–Kier alpha value is -1.36. The van der Waals surface area contributed by atoms with Crippen molar-refractivity contribution < 1.29 is 14.7 Å². The fourth-order valence-electron chi connectivity index (χ4n) is 0.557. The van der Waals surface area contributed by atoms with E-state index in [0.29, 0.717) is 13.1 Å². The molecule has 0 saturated heterocycles. The van der Waals surface area contributed by atoms with Gasteiger partial charge in [0.05, 0.1) is 0 Å². The molecule has 0 aliphatic carbocycles. The molecule has 12 heavy (non-hydrogen) atoms. The monoisotopic (exact) mass is 172 g/mol. The van der Waals surface area contributed by atoms with Crippen molar-refractivity contribution in [2.75, 3.05) is 13.1 Å². The van der Waals surface area contributed by atoms with Crippen LogP contribution in [-0.4, -0.2) is 30.1 Å². The summed E-state index contributed by atoms with van der Waals surface area (Å²) in [6.45, 7) is 0.902. The Morgan fingerprint density at radius 2 is 2.17 bits per heavy atom. The zero-order chi connectivity index (χ0) is 9.40. The molecule has 0 aromatic rings. The molecule has 0 atom stereocenters. The minimum atomic E-state index is -0.980. The molecule has 0 saturated carbocycles. The Kier molecular flexibility index (Phi) is 5.64. The highest BCUT2D eigenvalue weighted by molar-refractivity contribution is 5.79. The number of carbonyl (C=O) groups is 2. The van der Waals surface area contributed by atoms with Crippen LogP contribution in [0.25, 0.3) is 0 Å². The van der Waals surface area contributed by atoms with Gasteiger partial charge in [-0.1, -0.05) is 6.08 Å². The van der Waals surface area contributed by atoms with Crippen molar-refractivity contribution >= 4 is 11.9 Å². The van der Waals surface area contributed by atoms with Gasteiger partial charge in [-0.2, -0.15) is 0 Å². The summed E-state index contributed by atoms with van der Waals surface area (Å²) in [6.07, 6.45) is 2.77. The van der Waals surface area contributed by atoms with E-state index in [1.807, 2.05) is 0 Å². The smallest absolute Gasteiger partial charge is 0.328 e. The molecule has 0 unspecified atom stereocenters. The van der Waals surface area contributed by atoms with Crippen molar-refractivity contribution in [3.05, 3.63) is 12.2 Å². The quantitative estimate of drug-likeness (QED) is 0.357. The topological polar surface area (TPSA) is 92.4 Å². The van der Waals surface area contributed by atoms with Gasteiger partial charge in [-0.3, -0.25) is 4.79 Å². The summed E-state index contributed by atoms with van der Waals surface area (Å²) in [5.41, 5.74) is 4.86. The maximum Gasteiger partial charge on any atom is 0.328 e. The number of aliphatic carboxylic acids is 1. The molecule has 0 heterocycles. The zero-order valence-corrected chi connectivity index (χ0v) is 6.62. The first kappa shape index (κ1) is 10.6. The van der Waals surface area contributed by atoms with Gasteiger partial charge in [0.2, 0.25) is 5.91 Å². The van der Waals surface area contributed by atoms with E-state index in [2.05, 4.69) is 5.32 Å². The molecular weight excluding hydrogens is 160 g/mol. The van der Waals surface area contributed by atoms with Gasteiger partial charge in [-0.25, -0.2) is 4.79 Å². The average Bonchev–Trinajstić information content (AvgIpc) is 1.95. The second-order valence-corrected chi connectivity index (χ2v) is 2.16. The van der Waals surface area contributed by atoms with Crippen molar-refractivity contribution in [2.45, 2.75) is 6.42 Å². The van der Waals surface area contributed by atoms with Crippen LogP contribution in [0.1, 0.15) is 6.42 Å². The second kappa shape index (κ2) is 6.36. The number of nitrogens with two attached hydrogens (primary N) is 1. The number of rotatable bonds is 6. The van der Waals surface area contributed by atoms with Crippen LogP contribution in [-0.2, 0) is 9.59 Å². The van der Waals surface area contributed by atoms with Gasteiger partial charge >= 0.3 is 5.97 Å². The largest absolute Gasteiger partial charge is 0.478 e. The third-order valence-corrected chi connectivity index (χ3v) is 1.07. The van der Waals surface area contributed by atoms with Crippen LogP contribution in [0, 0.1) is 0 Å². The number of carboxylic acids is 1. The standard InChI is InChI=1S/C7H12N2O3/c8-6(10)3-5-9-4-1-2-7(11)12/h1-2,9H,3-5H2,(H2,8,10)(H,11,12)/b2-1+. The Morgan fingerprint density at radius 3 is 2.67 bits per heavy atom. The van der Waals surface area contributed by atoms with Crippen molar-refractivity contribution in [3.63, 3.8) is 0 Å². The SMILES string of the molecule is NC(=O)CCNC/C=C/C(=O)O. The molecule has 0 radical (unpaired) electrons. The number of carboxylic acid groups (broad SMARTS) is 1. The third-order valence-electron chi connectivity index (χ3n) is 1.07. The van der Waals surface area contributed by atoms with Crippen LogP contribution in [0.5, 0.6) is 0 Å². The molecule has 0 bridgehead atoms. The third kappa shape index (κ3) is 8.64. The highest BCUT2D eigenvalue weighted by Gasteiger charge is 1.91. The first-order chi connectivity index (χ1) is 5.63. The molecule has 0 aliphatic rings. The van der Waals surface area contributed by atoms with Gasteiger partial charge in [0.1, 0.15) is 0 Å². The Bertz CT molecular complexity index is 189. The lowest BCUT2D eigenvalue weighted by Gasteiger charge is -1.96.